The van der Waals surface area contributed by atoms with Crippen molar-refractivity contribution in [2.75, 3.05) is 11.6 Å². The number of alkyl halides is 5. The zero-order valence-corrected chi connectivity index (χ0v) is 17.1. The lowest BCUT2D eigenvalue weighted by Gasteiger charge is -2.32. The van der Waals surface area contributed by atoms with Crippen molar-refractivity contribution in [3.63, 3.8) is 0 Å². The number of halogens is 8. The first-order valence-corrected chi connectivity index (χ1v) is 9.68. The number of hydrogen-bond donors (Lipinski definition) is 0. The Morgan fingerprint density at radius 1 is 1.28 bits per heavy atom. The minimum absolute atomic E-state index is 0.0557. The van der Waals surface area contributed by atoms with Crippen LogP contribution in [0.1, 0.15) is 6.92 Å². The highest BCUT2D eigenvalue weighted by Gasteiger charge is 2.48. The molecule has 29 heavy (non-hydrogen) atoms. The van der Waals surface area contributed by atoms with Gasteiger partial charge in [-0.3, -0.25) is 0 Å². The van der Waals surface area contributed by atoms with Gasteiger partial charge in [0.2, 0.25) is 5.88 Å². The van der Waals surface area contributed by atoms with Crippen LogP contribution in [-0.4, -0.2) is 33.4 Å². The maximum absolute atomic E-state index is 13.2. The van der Waals surface area contributed by atoms with E-state index in [4.69, 9.17) is 39.5 Å². The van der Waals surface area contributed by atoms with Crippen molar-refractivity contribution in [2.24, 2.45) is 0 Å². The summed E-state index contributed by atoms with van der Waals surface area (Å²) in [6.45, 7) is 1.45. The number of hydrazine groups is 1. The molecule has 0 N–H and O–H groups in total. The monoisotopic (exact) mass is 499 g/mol. The Labute approximate surface area is 178 Å². The van der Waals surface area contributed by atoms with Crippen LogP contribution in [0.3, 0.4) is 0 Å². The molecule has 15 heteroatoms. The Balaban J connectivity index is 2.67. The second-order valence-corrected chi connectivity index (χ2v) is 7.56. The minimum Gasteiger partial charge on any atom is -0.477 e. The lowest BCUT2D eigenvalue weighted by atomic mass is 10.3. The third kappa shape index (κ3) is 4.97. The summed E-state index contributed by atoms with van der Waals surface area (Å²) in [6.07, 6.45) is -5.05. The molecule has 1 aliphatic rings. The Hall–Kier alpha value is -1.52. The van der Waals surface area contributed by atoms with E-state index in [1.807, 2.05) is 0 Å². The normalized spacial score (nSPS) is 18.9. The number of benzene rings is 1. The van der Waals surface area contributed by atoms with Gasteiger partial charge in [-0.1, -0.05) is 34.8 Å². The van der Waals surface area contributed by atoms with E-state index < -0.39 is 55.7 Å². The van der Waals surface area contributed by atoms with Gasteiger partial charge in [0, 0.05) is 12.1 Å². The van der Waals surface area contributed by atoms with Gasteiger partial charge in [0.05, 0.1) is 28.4 Å². The fraction of sp³-hybridized carbons (Fsp3) is 0.357. The quantitative estimate of drug-likeness (QED) is 0.506. The van der Waals surface area contributed by atoms with Crippen molar-refractivity contribution >= 4 is 51.5 Å². The van der Waals surface area contributed by atoms with E-state index in [-0.39, 0.29) is 12.5 Å². The predicted octanol–water partition coefficient (Wildman–Crippen LogP) is 5.15. The molecule has 0 saturated heterocycles. The molecule has 0 amide bonds. The van der Waals surface area contributed by atoms with E-state index in [0.717, 1.165) is 0 Å². The standard InChI is InChI=1S/C14H9Cl3F5N3O3S/c1-2-27-12-10(17)9(5-23)25(29(26)13(18)19)24(12)11-7(15)3-6(4-8(11)16)28-14(20,21)22/h3-4,9,13H,2H2,1H3. The molecule has 1 aliphatic heterocycles. The fourth-order valence-electron chi connectivity index (χ4n) is 2.30. The number of ether oxygens (including phenoxy) is 2. The maximum atomic E-state index is 13.2. The molecule has 2 rings (SSSR count). The Bertz CT molecular complexity index is 870. The summed E-state index contributed by atoms with van der Waals surface area (Å²) in [6, 6.07) is 1.35. The zero-order chi connectivity index (χ0) is 22.1. The van der Waals surface area contributed by atoms with Crippen molar-refractivity contribution in [2.45, 2.75) is 25.1 Å². The van der Waals surface area contributed by atoms with Crippen LogP contribution in [0.5, 0.6) is 5.75 Å². The van der Waals surface area contributed by atoms with Crippen LogP contribution in [0.15, 0.2) is 23.0 Å². The summed E-state index contributed by atoms with van der Waals surface area (Å²) in [5.41, 5.74) is -0.392. The third-order valence-corrected chi connectivity index (χ3v) is 5.22. The summed E-state index contributed by atoms with van der Waals surface area (Å²) in [4.78, 5) is 0. The van der Waals surface area contributed by atoms with Gasteiger partial charge >= 0.3 is 12.1 Å². The van der Waals surface area contributed by atoms with Gasteiger partial charge in [-0.25, -0.2) is 9.22 Å². The van der Waals surface area contributed by atoms with Crippen LogP contribution in [0.2, 0.25) is 10.0 Å². The van der Waals surface area contributed by atoms with Crippen molar-refractivity contribution in [1.29, 1.82) is 5.26 Å². The highest BCUT2D eigenvalue weighted by atomic mass is 35.5. The van der Waals surface area contributed by atoms with E-state index in [2.05, 4.69) is 4.74 Å². The van der Waals surface area contributed by atoms with Crippen LogP contribution < -0.4 is 9.75 Å². The van der Waals surface area contributed by atoms with Crippen LogP contribution >= 0.6 is 34.8 Å². The average Bonchev–Trinajstić information content (AvgIpc) is 2.84. The molecule has 1 aromatic carbocycles. The van der Waals surface area contributed by atoms with E-state index in [9.17, 15) is 31.4 Å². The molecule has 2 atom stereocenters. The van der Waals surface area contributed by atoms with Crippen molar-refractivity contribution in [1.82, 2.24) is 4.41 Å². The maximum Gasteiger partial charge on any atom is 0.573 e. The van der Waals surface area contributed by atoms with Crippen molar-refractivity contribution in [3.8, 4) is 11.8 Å². The summed E-state index contributed by atoms with van der Waals surface area (Å²) in [5.74, 6) is -4.62. The first-order valence-electron chi connectivity index (χ1n) is 7.37. The van der Waals surface area contributed by atoms with Crippen molar-refractivity contribution in [3.05, 3.63) is 33.1 Å². The Kier molecular flexibility index (Phi) is 7.45. The molecule has 0 spiro atoms. The number of nitrogens with zero attached hydrogens (tertiary/aromatic N) is 3. The molecule has 1 heterocycles. The minimum atomic E-state index is -5.05. The van der Waals surface area contributed by atoms with Crippen molar-refractivity contribution < 1.29 is 35.6 Å². The molecule has 0 bridgehead atoms. The Morgan fingerprint density at radius 3 is 2.24 bits per heavy atom. The third-order valence-electron chi connectivity index (χ3n) is 3.23. The molecule has 0 radical (unpaired) electrons. The molecule has 0 saturated carbocycles. The number of nitriles is 1. The van der Waals surface area contributed by atoms with Gasteiger partial charge in [-0.15, -0.1) is 17.6 Å². The molecular formula is C14H9Cl3F5N3O3S. The van der Waals surface area contributed by atoms with E-state index in [0.29, 0.717) is 21.6 Å². The lowest BCUT2D eigenvalue weighted by molar-refractivity contribution is -0.274. The first-order chi connectivity index (χ1) is 13.4. The van der Waals surface area contributed by atoms with Crippen LogP contribution in [0.4, 0.5) is 27.6 Å². The first kappa shape index (κ1) is 23.8. The van der Waals surface area contributed by atoms with Gasteiger partial charge in [0.1, 0.15) is 10.8 Å². The smallest absolute Gasteiger partial charge is 0.477 e. The molecule has 0 aliphatic carbocycles. The highest BCUT2D eigenvalue weighted by Crippen LogP contribution is 2.46. The van der Waals surface area contributed by atoms with Gasteiger partial charge < -0.3 is 9.47 Å². The number of hydrogen-bond acceptors (Lipinski definition) is 5. The fourth-order valence-corrected chi connectivity index (χ4v) is 4.10. The summed E-state index contributed by atoms with van der Waals surface area (Å²) in [5, 5.41) is 8.58. The molecule has 0 fully saturated rings. The molecule has 2 unspecified atom stereocenters. The average molecular weight is 501 g/mol. The van der Waals surface area contributed by atoms with Crippen LogP contribution in [0.25, 0.3) is 0 Å². The van der Waals surface area contributed by atoms with E-state index in [1.165, 1.54) is 6.92 Å². The molecule has 6 nitrogen and oxygen atoms in total. The Morgan fingerprint density at radius 2 is 1.83 bits per heavy atom. The van der Waals surface area contributed by atoms with Gasteiger partial charge in [-0.2, -0.15) is 14.0 Å². The van der Waals surface area contributed by atoms with Gasteiger partial charge in [0.25, 0.3) is 0 Å². The van der Waals surface area contributed by atoms with Gasteiger partial charge in [-0.05, 0) is 6.92 Å². The summed E-state index contributed by atoms with van der Waals surface area (Å²) in [7, 11) is -3.12. The largest absolute Gasteiger partial charge is 0.573 e. The highest BCUT2D eigenvalue weighted by molar-refractivity contribution is 7.83. The molecular weight excluding hydrogens is 492 g/mol. The van der Waals surface area contributed by atoms with Crippen LogP contribution in [0, 0.1) is 11.3 Å². The second kappa shape index (κ2) is 9.09. The molecule has 1 aromatic rings. The second-order valence-electron chi connectivity index (χ2n) is 5.05. The SMILES string of the molecule is CCOC1=C(Cl)C(C#N)N(S(=O)C(F)F)N1c1c(Cl)cc(OC(F)(F)F)cc1Cl. The van der Waals surface area contributed by atoms with Gasteiger partial charge in [0.15, 0.2) is 17.0 Å². The molecule has 160 valence electrons. The predicted molar refractivity (Wildman–Crippen MR) is 95.5 cm³/mol. The summed E-state index contributed by atoms with van der Waals surface area (Å²) >= 11 is 18.1. The van der Waals surface area contributed by atoms with E-state index >= 15 is 0 Å². The lowest BCUT2D eigenvalue weighted by Crippen LogP contribution is -2.46. The number of rotatable bonds is 6. The number of anilines is 1. The summed E-state index contributed by atoms with van der Waals surface area (Å²) < 4.78 is 85.2. The zero-order valence-electron chi connectivity index (χ0n) is 14.0. The molecule has 0 aromatic heterocycles. The van der Waals surface area contributed by atoms with Crippen LogP contribution in [-0.2, 0) is 15.7 Å². The topological polar surface area (TPSA) is 65.8 Å². The van der Waals surface area contributed by atoms with E-state index in [1.54, 1.807) is 6.07 Å².